The number of carbonyl (C=O) groups is 2. The molecular weight excluding hydrogens is 596 g/mol. The summed E-state index contributed by atoms with van der Waals surface area (Å²) in [6.45, 7) is 8.09. The summed E-state index contributed by atoms with van der Waals surface area (Å²) in [5, 5.41) is 15.9. The molecule has 1 aliphatic heterocycles. The molecule has 0 saturated carbocycles. The molecule has 3 aromatic carbocycles. The zero-order chi connectivity index (χ0) is 33.8. The number of ether oxygens (including phenoxy) is 3. The number of para-hydroxylation sites is 1. The van der Waals surface area contributed by atoms with E-state index in [1.807, 2.05) is 44.2 Å². The minimum atomic E-state index is -0.459. The summed E-state index contributed by atoms with van der Waals surface area (Å²) in [4.78, 5) is 31.1. The van der Waals surface area contributed by atoms with Crippen LogP contribution in [0.1, 0.15) is 56.0 Å². The SMILES string of the molecule is COc1ccc(CN(C)C[C@@H]2OCCCC[C@@H](C)Oc3ccc(NC(=O)Nc4ccccc4)cc3C(=O)N([C@@H](C)CO)C[C@@H]2C)cc1. The van der Waals surface area contributed by atoms with Crippen LogP contribution in [0, 0.1) is 5.92 Å². The van der Waals surface area contributed by atoms with Gasteiger partial charge in [-0.05, 0) is 88.2 Å². The zero-order valence-corrected chi connectivity index (χ0v) is 28.3. The minimum Gasteiger partial charge on any atom is -0.497 e. The van der Waals surface area contributed by atoms with Gasteiger partial charge in [-0.2, -0.15) is 0 Å². The number of hydrogen-bond donors (Lipinski definition) is 3. The number of carbonyl (C=O) groups excluding carboxylic acids is 2. The van der Waals surface area contributed by atoms with Gasteiger partial charge in [0.1, 0.15) is 11.5 Å². The van der Waals surface area contributed by atoms with Gasteiger partial charge in [0.05, 0.1) is 37.5 Å². The van der Waals surface area contributed by atoms with Gasteiger partial charge in [-0.25, -0.2) is 4.79 Å². The van der Waals surface area contributed by atoms with Crippen LogP contribution >= 0.6 is 0 Å². The first kappa shape index (κ1) is 35.7. The van der Waals surface area contributed by atoms with Crippen molar-refractivity contribution in [3.63, 3.8) is 0 Å². The zero-order valence-electron chi connectivity index (χ0n) is 28.3. The first-order valence-corrected chi connectivity index (χ1v) is 16.5. The highest BCUT2D eigenvalue weighted by Gasteiger charge is 2.30. The summed E-state index contributed by atoms with van der Waals surface area (Å²) < 4.78 is 18.1. The molecule has 0 fully saturated rings. The summed E-state index contributed by atoms with van der Waals surface area (Å²) in [6, 6.07) is 21.4. The minimum absolute atomic E-state index is 0.0459. The molecule has 0 aromatic heterocycles. The van der Waals surface area contributed by atoms with Crippen molar-refractivity contribution in [3.8, 4) is 11.5 Å². The molecule has 0 bridgehead atoms. The second-order valence-electron chi connectivity index (χ2n) is 12.5. The number of nitrogens with zero attached hydrogens (tertiary/aromatic N) is 2. The van der Waals surface area contributed by atoms with E-state index < -0.39 is 12.1 Å². The number of rotatable bonds is 9. The molecule has 0 spiro atoms. The smallest absolute Gasteiger partial charge is 0.323 e. The van der Waals surface area contributed by atoms with E-state index >= 15 is 0 Å². The van der Waals surface area contributed by atoms with Crippen LogP contribution in [0.4, 0.5) is 16.2 Å². The molecule has 47 heavy (non-hydrogen) atoms. The lowest BCUT2D eigenvalue weighted by molar-refractivity contribution is -0.0177. The molecule has 1 heterocycles. The van der Waals surface area contributed by atoms with Crippen molar-refractivity contribution in [2.45, 2.75) is 64.8 Å². The number of likely N-dealkylation sites (N-methyl/N-ethyl adjacent to an activating group) is 1. The molecule has 10 nitrogen and oxygen atoms in total. The van der Waals surface area contributed by atoms with Crippen LogP contribution in [-0.4, -0.2) is 85.6 Å². The predicted octanol–water partition coefficient (Wildman–Crippen LogP) is 6.27. The quantitative estimate of drug-likeness (QED) is 0.251. The van der Waals surface area contributed by atoms with Crippen molar-refractivity contribution in [2.75, 3.05) is 51.1 Å². The Morgan fingerprint density at radius 1 is 1.04 bits per heavy atom. The highest BCUT2D eigenvalue weighted by atomic mass is 16.5. The number of urea groups is 1. The molecule has 0 unspecified atom stereocenters. The standard InChI is InChI=1S/C37H50N4O6/c1-26-22-41(27(2)25-42)36(43)33-21-31(39-37(44)38-30-12-7-6-8-13-30)16-19-34(33)47-28(3)11-9-10-20-46-35(26)24-40(4)23-29-14-17-32(45-5)18-15-29/h6-8,12-19,21,26-28,35,42H,9-11,20,22-25H2,1-5H3,(H2,38,39,44)/t26-,27-,28+,35-/m0/s1. The Morgan fingerprint density at radius 3 is 2.47 bits per heavy atom. The van der Waals surface area contributed by atoms with Crippen LogP contribution in [-0.2, 0) is 11.3 Å². The van der Waals surface area contributed by atoms with Gasteiger partial charge in [0.2, 0.25) is 0 Å². The number of anilines is 2. The van der Waals surface area contributed by atoms with Gasteiger partial charge in [0, 0.05) is 43.5 Å². The Morgan fingerprint density at radius 2 is 1.77 bits per heavy atom. The molecule has 3 aromatic rings. The van der Waals surface area contributed by atoms with E-state index in [9.17, 15) is 14.7 Å². The van der Waals surface area contributed by atoms with Gasteiger partial charge < -0.3 is 34.9 Å². The van der Waals surface area contributed by atoms with Gasteiger partial charge in [0.15, 0.2) is 0 Å². The number of methoxy groups -OCH3 is 1. The van der Waals surface area contributed by atoms with Crippen molar-refractivity contribution in [1.29, 1.82) is 0 Å². The van der Waals surface area contributed by atoms with E-state index in [-0.39, 0.29) is 30.6 Å². The number of fused-ring (bicyclic) bond motifs is 1. The predicted molar refractivity (Wildman–Crippen MR) is 185 cm³/mol. The Balaban J connectivity index is 1.57. The van der Waals surface area contributed by atoms with Crippen LogP contribution in [0.25, 0.3) is 0 Å². The fourth-order valence-corrected chi connectivity index (χ4v) is 5.69. The molecule has 10 heteroatoms. The van der Waals surface area contributed by atoms with Crippen LogP contribution < -0.4 is 20.1 Å². The van der Waals surface area contributed by atoms with E-state index in [4.69, 9.17) is 14.2 Å². The molecule has 254 valence electrons. The van der Waals surface area contributed by atoms with E-state index in [1.165, 1.54) is 5.56 Å². The first-order valence-electron chi connectivity index (χ1n) is 16.5. The Bertz CT molecular complexity index is 1420. The fourth-order valence-electron chi connectivity index (χ4n) is 5.69. The lowest BCUT2D eigenvalue weighted by atomic mass is 10.0. The van der Waals surface area contributed by atoms with Crippen LogP contribution in [0.5, 0.6) is 11.5 Å². The van der Waals surface area contributed by atoms with E-state index in [0.29, 0.717) is 42.4 Å². The van der Waals surface area contributed by atoms with Crippen molar-refractivity contribution in [3.05, 3.63) is 83.9 Å². The fraction of sp³-hybridized carbons (Fsp3) is 0.459. The Hall–Kier alpha value is -4.12. The maximum atomic E-state index is 14.4. The van der Waals surface area contributed by atoms with Crippen molar-refractivity contribution in [1.82, 2.24) is 9.80 Å². The lowest BCUT2D eigenvalue weighted by Gasteiger charge is -2.36. The number of benzene rings is 3. The number of amides is 3. The van der Waals surface area contributed by atoms with Crippen LogP contribution in [0.3, 0.4) is 0 Å². The highest BCUT2D eigenvalue weighted by molar-refractivity contribution is 6.02. The van der Waals surface area contributed by atoms with Crippen molar-refractivity contribution in [2.24, 2.45) is 5.92 Å². The topological polar surface area (TPSA) is 113 Å². The number of aliphatic hydroxyl groups is 1. The maximum Gasteiger partial charge on any atom is 0.323 e. The second-order valence-corrected chi connectivity index (χ2v) is 12.5. The lowest BCUT2D eigenvalue weighted by Crippen LogP contribution is -2.47. The van der Waals surface area contributed by atoms with E-state index in [0.717, 1.165) is 31.6 Å². The second kappa shape index (κ2) is 17.7. The van der Waals surface area contributed by atoms with E-state index in [1.54, 1.807) is 42.3 Å². The molecular formula is C37H50N4O6. The molecule has 1 aliphatic rings. The summed E-state index contributed by atoms with van der Waals surface area (Å²) in [5.41, 5.74) is 2.60. The highest BCUT2D eigenvalue weighted by Crippen LogP contribution is 2.29. The average molecular weight is 647 g/mol. The number of aliphatic hydroxyl groups excluding tert-OH is 1. The molecule has 0 saturated heterocycles. The Labute approximate surface area is 279 Å². The normalized spacial score (nSPS) is 20.0. The molecule has 4 rings (SSSR count). The summed E-state index contributed by atoms with van der Waals surface area (Å²) in [7, 11) is 3.73. The maximum absolute atomic E-state index is 14.4. The van der Waals surface area contributed by atoms with Crippen LogP contribution in [0.15, 0.2) is 72.8 Å². The van der Waals surface area contributed by atoms with Crippen molar-refractivity contribution < 1.29 is 28.9 Å². The molecule has 3 N–H and O–H groups in total. The van der Waals surface area contributed by atoms with Gasteiger partial charge in [-0.3, -0.25) is 9.69 Å². The van der Waals surface area contributed by atoms with Gasteiger partial charge in [-0.1, -0.05) is 37.3 Å². The van der Waals surface area contributed by atoms with Gasteiger partial charge >= 0.3 is 6.03 Å². The summed E-state index contributed by atoms with van der Waals surface area (Å²) >= 11 is 0. The third-order valence-corrected chi connectivity index (χ3v) is 8.44. The first-order chi connectivity index (χ1) is 22.7. The molecule has 0 radical (unpaired) electrons. The van der Waals surface area contributed by atoms with Gasteiger partial charge in [0.25, 0.3) is 5.91 Å². The molecule has 3 amide bonds. The van der Waals surface area contributed by atoms with Crippen molar-refractivity contribution >= 4 is 23.3 Å². The third-order valence-electron chi connectivity index (χ3n) is 8.44. The summed E-state index contributed by atoms with van der Waals surface area (Å²) in [6.07, 6.45) is 2.32. The average Bonchev–Trinajstić information content (AvgIpc) is 3.06. The van der Waals surface area contributed by atoms with Crippen LogP contribution in [0.2, 0.25) is 0 Å². The van der Waals surface area contributed by atoms with E-state index in [2.05, 4.69) is 41.6 Å². The largest absolute Gasteiger partial charge is 0.497 e. The number of nitrogens with one attached hydrogen (secondary N) is 2. The molecule has 4 atom stereocenters. The molecule has 0 aliphatic carbocycles. The van der Waals surface area contributed by atoms with Gasteiger partial charge in [-0.15, -0.1) is 0 Å². The Kier molecular flexibility index (Phi) is 13.5. The third kappa shape index (κ3) is 10.7. The summed E-state index contributed by atoms with van der Waals surface area (Å²) in [5.74, 6) is 0.941. The monoisotopic (exact) mass is 646 g/mol. The number of hydrogen-bond acceptors (Lipinski definition) is 7.